The molecule has 1 N–H and O–H groups in total. The van der Waals surface area contributed by atoms with Gasteiger partial charge in [0.25, 0.3) is 0 Å². The van der Waals surface area contributed by atoms with Gasteiger partial charge in [-0.15, -0.1) is 11.3 Å². The first-order chi connectivity index (χ1) is 16.1. The summed E-state index contributed by atoms with van der Waals surface area (Å²) in [4.78, 5) is 5.81. The fourth-order valence-electron chi connectivity index (χ4n) is 3.20. The summed E-state index contributed by atoms with van der Waals surface area (Å²) in [6.07, 6.45) is 1.74. The Bertz CT molecular complexity index is 1220. The molecule has 0 atom stereocenters. The third-order valence-corrected chi connectivity index (χ3v) is 5.92. The van der Waals surface area contributed by atoms with Crippen LogP contribution in [0, 0.1) is 6.92 Å². The molecular formula is C26H24ClN3O2S. The lowest BCUT2D eigenvalue weighted by Gasteiger charge is -2.12. The van der Waals surface area contributed by atoms with E-state index in [1.807, 2.05) is 67.6 Å². The Morgan fingerprint density at radius 2 is 1.79 bits per heavy atom. The predicted octanol–water partition coefficient (Wildman–Crippen LogP) is 7.20. The number of anilines is 1. The molecule has 3 aromatic carbocycles. The summed E-state index contributed by atoms with van der Waals surface area (Å²) in [6.45, 7) is 4.97. The molecule has 0 aliphatic rings. The van der Waals surface area contributed by atoms with Crippen molar-refractivity contribution in [1.82, 2.24) is 4.98 Å². The van der Waals surface area contributed by atoms with E-state index in [0.717, 1.165) is 32.4 Å². The third-order valence-electron chi connectivity index (χ3n) is 4.79. The second-order valence-electron chi connectivity index (χ2n) is 7.21. The minimum absolute atomic E-state index is 0.430. The van der Waals surface area contributed by atoms with Gasteiger partial charge in [0.2, 0.25) is 5.13 Å². The number of rotatable bonds is 9. The Morgan fingerprint density at radius 3 is 2.55 bits per heavy atom. The first kappa shape index (κ1) is 22.8. The highest BCUT2D eigenvalue weighted by atomic mass is 35.5. The molecule has 5 nitrogen and oxygen atoms in total. The van der Waals surface area contributed by atoms with Crippen molar-refractivity contribution in [1.29, 1.82) is 0 Å². The Labute approximate surface area is 202 Å². The van der Waals surface area contributed by atoms with Crippen molar-refractivity contribution in [3.05, 3.63) is 93.8 Å². The maximum atomic E-state index is 5.97. The van der Waals surface area contributed by atoms with E-state index in [-0.39, 0.29) is 0 Å². The van der Waals surface area contributed by atoms with Gasteiger partial charge < -0.3 is 9.47 Å². The van der Waals surface area contributed by atoms with Crippen molar-refractivity contribution in [2.24, 2.45) is 5.10 Å². The molecule has 168 valence electrons. The van der Waals surface area contributed by atoms with Crippen LogP contribution in [-0.4, -0.2) is 17.8 Å². The molecule has 0 saturated heterocycles. The van der Waals surface area contributed by atoms with Crippen LogP contribution in [0.1, 0.15) is 22.9 Å². The van der Waals surface area contributed by atoms with Gasteiger partial charge in [0, 0.05) is 15.5 Å². The molecule has 4 aromatic rings. The molecule has 0 bridgehead atoms. The molecule has 0 aliphatic heterocycles. The van der Waals surface area contributed by atoms with E-state index in [1.54, 1.807) is 17.6 Å². The minimum atomic E-state index is 0.430. The number of hydrogen-bond acceptors (Lipinski definition) is 6. The summed E-state index contributed by atoms with van der Waals surface area (Å²) in [5.41, 5.74) is 7.03. The predicted molar refractivity (Wildman–Crippen MR) is 137 cm³/mol. The first-order valence-corrected chi connectivity index (χ1v) is 11.8. The Morgan fingerprint density at radius 1 is 1.00 bits per heavy atom. The molecule has 0 saturated carbocycles. The lowest BCUT2D eigenvalue weighted by molar-refractivity contribution is 0.269. The molecular weight excluding hydrogens is 454 g/mol. The van der Waals surface area contributed by atoms with Crippen LogP contribution in [0.25, 0.3) is 11.3 Å². The number of thiazole rings is 1. The molecule has 0 aliphatic carbocycles. The molecule has 1 heterocycles. The van der Waals surface area contributed by atoms with Gasteiger partial charge in [0.1, 0.15) is 6.61 Å². The zero-order valence-electron chi connectivity index (χ0n) is 18.4. The molecule has 0 spiro atoms. The number of aromatic nitrogens is 1. The Hall–Kier alpha value is -3.35. The van der Waals surface area contributed by atoms with Gasteiger partial charge in [-0.05, 0) is 55.3 Å². The fourth-order valence-corrected chi connectivity index (χ4v) is 4.12. The molecule has 0 fully saturated rings. The first-order valence-electron chi connectivity index (χ1n) is 10.6. The number of ether oxygens (including phenoxy) is 2. The lowest BCUT2D eigenvalue weighted by atomic mass is 10.1. The van der Waals surface area contributed by atoms with Gasteiger partial charge in [-0.2, -0.15) is 5.10 Å². The van der Waals surface area contributed by atoms with E-state index in [4.69, 9.17) is 21.1 Å². The van der Waals surface area contributed by atoms with Crippen molar-refractivity contribution >= 4 is 34.3 Å². The monoisotopic (exact) mass is 477 g/mol. The number of halogens is 1. The molecule has 0 amide bonds. The van der Waals surface area contributed by atoms with Gasteiger partial charge >= 0.3 is 0 Å². The zero-order valence-corrected chi connectivity index (χ0v) is 20.0. The van der Waals surface area contributed by atoms with E-state index in [9.17, 15) is 0 Å². The highest BCUT2D eigenvalue weighted by molar-refractivity contribution is 7.16. The SMILES string of the molecule is CCOc1cc(/C=N\Nc2nc(-c3ccccc3)c(C)s2)ccc1OCc1ccc(Cl)cc1. The molecule has 4 rings (SSSR count). The van der Waals surface area contributed by atoms with E-state index in [1.165, 1.54) is 0 Å². The van der Waals surface area contributed by atoms with Crippen LogP contribution >= 0.6 is 22.9 Å². The molecule has 0 unspecified atom stereocenters. The summed E-state index contributed by atoms with van der Waals surface area (Å²) in [5.74, 6) is 1.35. The zero-order chi connectivity index (χ0) is 23.0. The average Bonchev–Trinajstić information content (AvgIpc) is 3.20. The van der Waals surface area contributed by atoms with Crippen molar-refractivity contribution in [3.8, 4) is 22.8 Å². The summed E-state index contributed by atoms with van der Waals surface area (Å²) in [7, 11) is 0. The van der Waals surface area contributed by atoms with E-state index < -0.39 is 0 Å². The summed E-state index contributed by atoms with van der Waals surface area (Å²) < 4.78 is 11.7. The molecule has 0 radical (unpaired) electrons. The standard InChI is InChI=1S/C26H24ClN3O2S/c1-3-31-24-15-20(11-14-23(24)32-17-19-9-12-22(27)13-10-19)16-28-30-26-29-25(18(2)33-26)21-7-5-4-6-8-21/h4-16H,3,17H2,1-2H3,(H,29,30)/b28-16-. The highest BCUT2D eigenvalue weighted by Gasteiger charge is 2.09. The average molecular weight is 478 g/mol. The lowest BCUT2D eigenvalue weighted by Crippen LogP contribution is -2.00. The number of nitrogens with zero attached hydrogens (tertiary/aromatic N) is 2. The number of aryl methyl sites for hydroxylation is 1. The van der Waals surface area contributed by atoms with Gasteiger partial charge in [0.05, 0.1) is 18.5 Å². The van der Waals surface area contributed by atoms with Crippen LogP contribution < -0.4 is 14.9 Å². The highest BCUT2D eigenvalue weighted by Crippen LogP contribution is 2.31. The minimum Gasteiger partial charge on any atom is -0.490 e. The second-order valence-corrected chi connectivity index (χ2v) is 8.85. The summed E-state index contributed by atoms with van der Waals surface area (Å²) in [6, 6.07) is 23.5. The van der Waals surface area contributed by atoms with Crippen molar-refractivity contribution < 1.29 is 9.47 Å². The third kappa shape index (κ3) is 6.12. The number of benzene rings is 3. The smallest absolute Gasteiger partial charge is 0.204 e. The normalized spacial score (nSPS) is 11.0. The van der Waals surface area contributed by atoms with Crippen LogP contribution in [0.2, 0.25) is 5.02 Å². The van der Waals surface area contributed by atoms with Crippen molar-refractivity contribution in [2.75, 3.05) is 12.0 Å². The molecule has 33 heavy (non-hydrogen) atoms. The van der Waals surface area contributed by atoms with Crippen LogP contribution in [0.3, 0.4) is 0 Å². The Kier molecular flexibility index (Phi) is 7.60. The maximum Gasteiger partial charge on any atom is 0.204 e. The fraction of sp³-hybridized carbons (Fsp3) is 0.154. The Balaban J connectivity index is 1.42. The van der Waals surface area contributed by atoms with Gasteiger partial charge in [-0.1, -0.05) is 54.1 Å². The molecule has 1 aromatic heterocycles. The van der Waals surface area contributed by atoms with E-state index >= 15 is 0 Å². The second kappa shape index (κ2) is 11.0. The molecule has 7 heteroatoms. The van der Waals surface area contributed by atoms with Gasteiger partial charge in [-0.25, -0.2) is 4.98 Å². The van der Waals surface area contributed by atoms with Crippen LogP contribution in [0.5, 0.6) is 11.5 Å². The maximum absolute atomic E-state index is 5.97. The van der Waals surface area contributed by atoms with Crippen molar-refractivity contribution in [2.45, 2.75) is 20.5 Å². The van der Waals surface area contributed by atoms with E-state index in [2.05, 4.69) is 34.6 Å². The van der Waals surface area contributed by atoms with Crippen LogP contribution in [0.15, 0.2) is 77.9 Å². The van der Waals surface area contributed by atoms with Gasteiger partial charge in [0.15, 0.2) is 11.5 Å². The summed E-state index contributed by atoms with van der Waals surface area (Å²) >= 11 is 7.52. The van der Waals surface area contributed by atoms with Crippen LogP contribution in [0.4, 0.5) is 5.13 Å². The number of hydrazone groups is 1. The van der Waals surface area contributed by atoms with Gasteiger partial charge in [-0.3, -0.25) is 5.43 Å². The topological polar surface area (TPSA) is 55.7 Å². The number of hydrogen-bond donors (Lipinski definition) is 1. The quantitative estimate of drug-likeness (QED) is 0.204. The number of nitrogens with one attached hydrogen (secondary N) is 1. The van der Waals surface area contributed by atoms with Crippen LogP contribution in [-0.2, 0) is 6.61 Å². The van der Waals surface area contributed by atoms with Crippen molar-refractivity contribution in [3.63, 3.8) is 0 Å². The summed E-state index contributed by atoms with van der Waals surface area (Å²) in [5, 5.41) is 5.81. The largest absolute Gasteiger partial charge is 0.490 e. The van der Waals surface area contributed by atoms with E-state index in [0.29, 0.717) is 29.7 Å².